The summed E-state index contributed by atoms with van der Waals surface area (Å²) in [5, 5.41) is 8.95. The molecule has 0 aromatic rings. The molecule has 1 rings (SSSR count). The monoisotopic (exact) mass is 239 g/mol. The number of nitrogens with zero attached hydrogens (tertiary/aromatic N) is 1. The highest BCUT2D eigenvalue weighted by molar-refractivity contribution is 5.76. The van der Waals surface area contributed by atoms with Crippen molar-refractivity contribution in [2.24, 2.45) is 0 Å². The Hall–Kier alpha value is -0.620. The van der Waals surface area contributed by atoms with Gasteiger partial charge in [-0.1, -0.05) is 0 Å². The van der Waals surface area contributed by atoms with Gasteiger partial charge in [-0.3, -0.25) is 9.69 Å². The molecule has 0 aromatic carbocycles. The van der Waals surface area contributed by atoms with Crippen LogP contribution in [0.25, 0.3) is 0 Å². The average molecular weight is 239 g/mol. The molecule has 0 radical (unpaired) electrons. The number of hydrogen-bond donors (Lipinski definition) is 1. The van der Waals surface area contributed by atoms with E-state index in [0.29, 0.717) is 6.54 Å². The molecule has 0 spiro atoms. The number of aliphatic hydroxyl groups is 1. The van der Waals surface area contributed by atoms with Crippen LogP contribution >= 0.6 is 0 Å². The molecule has 6 heteroatoms. The van der Waals surface area contributed by atoms with E-state index in [1.807, 2.05) is 0 Å². The number of aliphatic hydroxyl groups excluding tert-OH is 1. The Morgan fingerprint density at radius 1 is 1.56 bits per heavy atom. The number of ketones is 1. The molecule has 1 saturated heterocycles. The van der Waals surface area contributed by atoms with Crippen LogP contribution in [-0.2, 0) is 4.79 Å². The van der Waals surface area contributed by atoms with Crippen LogP contribution in [0.15, 0.2) is 0 Å². The maximum atomic E-state index is 12.1. The van der Waals surface area contributed by atoms with E-state index in [-0.39, 0.29) is 18.2 Å². The van der Waals surface area contributed by atoms with Gasteiger partial charge in [-0.2, -0.15) is 13.2 Å². The van der Waals surface area contributed by atoms with Crippen molar-refractivity contribution in [3.05, 3.63) is 0 Å². The summed E-state index contributed by atoms with van der Waals surface area (Å²) < 4.78 is 36.4. The number of hydrogen-bond acceptors (Lipinski definition) is 3. The summed E-state index contributed by atoms with van der Waals surface area (Å²) in [6.07, 6.45) is -5.12. The highest BCUT2D eigenvalue weighted by atomic mass is 19.4. The van der Waals surface area contributed by atoms with Gasteiger partial charge in [0.1, 0.15) is 5.78 Å². The maximum absolute atomic E-state index is 12.1. The van der Waals surface area contributed by atoms with Crippen molar-refractivity contribution in [1.82, 2.24) is 4.90 Å². The van der Waals surface area contributed by atoms with Crippen LogP contribution < -0.4 is 0 Å². The molecule has 0 saturated carbocycles. The summed E-state index contributed by atoms with van der Waals surface area (Å²) in [4.78, 5) is 12.5. The Kier molecular flexibility index (Phi) is 4.32. The summed E-state index contributed by atoms with van der Waals surface area (Å²) in [7, 11) is 0. The van der Waals surface area contributed by atoms with Crippen LogP contribution in [0, 0.1) is 0 Å². The fourth-order valence-corrected chi connectivity index (χ4v) is 2.02. The topological polar surface area (TPSA) is 40.5 Å². The summed E-state index contributed by atoms with van der Waals surface area (Å²) >= 11 is 0. The summed E-state index contributed by atoms with van der Waals surface area (Å²) in [6, 6.07) is -0.144. The van der Waals surface area contributed by atoms with E-state index in [2.05, 4.69) is 0 Å². The zero-order valence-corrected chi connectivity index (χ0v) is 9.13. The normalized spacial score (nSPS) is 24.7. The third-order valence-corrected chi connectivity index (χ3v) is 2.81. The van der Waals surface area contributed by atoms with E-state index < -0.39 is 18.8 Å². The van der Waals surface area contributed by atoms with Crippen LogP contribution in [0.1, 0.15) is 26.2 Å². The molecule has 3 nitrogen and oxygen atoms in total. The van der Waals surface area contributed by atoms with E-state index in [1.54, 1.807) is 4.90 Å². The minimum atomic E-state index is -4.58. The van der Waals surface area contributed by atoms with Gasteiger partial charge in [-0.05, 0) is 26.3 Å². The molecule has 1 N–H and O–H groups in total. The van der Waals surface area contributed by atoms with Gasteiger partial charge in [0.25, 0.3) is 0 Å². The molecule has 0 amide bonds. The van der Waals surface area contributed by atoms with Gasteiger partial charge in [0, 0.05) is 19.0 Å². The van der Waals surface area contributed by atoms with Crippen LogP contribution in [0.2, 0.25) is 0 Å². The fraction of sp³-hybridized carbons (Fsp3) is 0.900. The molecule has 0 aromatic heterocycles. The second kappa shape index (κ2) is 5.14. The van der Waals surface area contributed by atoms with Gasteiger partial charge in [0.05, 0.1) is 0 Å². The van der Waals surface area contributed by atoms with E-state index in [4.69, 9.17) is 5.11 Å². The van der Waals surface area contributed by atoms with E-state index >= 15 is 0 Å². The Balaban J connectivity index is 2.49. The van der Waals surface area contributed by atoms with Gasteiger partial charge in [-0.25, -0.2) is 0 Å². The third kappa shape index (κ3) is 3.75. The number of rotatable bonds is 4. The van der Waals surface area contributed by atoms with Crippen molar-refractivity contribution >= 4 is 5.78 Å². The average Bonchev–Trinajstić information content (AvgIpc) is 2.50. The lowest BCUT2D eigenvalue weighted by Gasteiger charge is -2.27. The quantitative estimate of drug-likeness (QED) is 0.805. The van der Waals surface area contributed by atoms with Gasteiger partial charge in [-0.15, -0.1) is 0 Å². The first-order valence-electron chi connectivity index (χ1n) is 5.29. The molecule has 0 aliphatic carbocycles. The number of likely N-dealkylation sites (tertiary alicyclic amines) is 1. The number of Topliss-reactive ketones (excluding diaryl/α,β-unsaturated/α-hetero) is 1. The third-order valence-electron chi connectivity index (χ3n) is 2.81. The van der Waals surface area contributed by atoms with Crippen LogP contribution in [0.3, 0.4) is 0 Å². The Labute approximate surface area is 92.2 Å². The minimum absolute atomic E-state index is 0.0293. The Bertz CT molecular complexity index is 255. The first-order valence-corrected chi connectivity index (χ1v) is 5.29. The molecule has 2 atom stereocenters. The first kappa shape index (κ1) is 13.4. The predicted octanol–water partition coefficient (Wildman–Crippen LogP) is 1.35. The van der Waals surface area contributed by atoms with E-state index in [1.165, 1.54) is 6.92 Å². The number of carbonyl (C=O) groups excluding carboxylic acids is 1. The second-order valence-electron chi connectivity index (χ2n) is 4.25. The van der Waals surface area contributed by atoms with Crippen molar-refractivity contribution in [1.29, 1.82) is 0 Å². The van der Waals surface area contributed by atoms with E-state index in [0.717, 1.165) is 12.8 Å². The summed E-state index contributed by atoms with van der Waals surface area (Å²) in [5.74, 6) is -0.0293. The summed E-state index contributed by atoms with van der Waals surface area (Å²) in [5.41, 5.74) is 0. The van der Waals surface area contributed by atoms with Crippen molar-refractivity contribution in [3.63, 3.8) is 0 Å². The van der Waals surface area contributed by atoms with Gasteiger partial charge >= 0.3 is 6.18 Å². The Morgan fingerprint density at radius 3 is 2.69 bits per heavy atom. The molecule has 1 aliphatic heterocycles. The van der Waals surface area contributed by atoms with Crippen molar-refractivity contribution < 1.29 is 23.1 Å². The smallest absolute Gasteiger partial charge is 0.382 e. The molecule has 1 heterocycles. The summed E-state index contributed by atoms with van der Waals surface area (Å²) in [6.45, 7) is 1.52. The molecular weight excluding hydrogens is 223 g/mol. The SMILES string of the molecule is CC(=O)CC1CCCN1CC(O)C(F)(F)F. The molecule has 0 bridgehead atoms. The highest BCUT2D eigenvalue weighted by Crippen LogP contribution is 2.25. The molecule has 94 valence electrons. The molecule has 1 fully saturated rings. The van der Waals surface area contributed by atoms with Crippen LogP contribution in [0.4, 0.5) is 13.2 Å². The lowest BCUT2D eigenvalue weighted by molar-refractivity contribution is -0.208. The fourth-order valence-electron chi connectivity index (χ4n) is 2.02. The second-order valence-corrected chi connectivity index (χ2v) is 4.25. The Morgan fingerprint density at radius 2 is 2.19 bits per heavy atom. The van der Waals surface area contributed by atoms with Crippen molar-refractivity contribution in [2.45, 2.75) is 44.5 Å². The zero-order chi connectivity index (χ0) is 12.3. The van der Waals surface area contributed by atoms with Gasteiger partial charge in [0.15, 0.2) is 6.10 Å². The van der Waals surface area contributed by atoms with E-state index in [9.17, 15) is 18.0 Å². The lowest BCUT2D eigenvalue weighted by atomic mass is 10.1. The number of carbonyl (C=O) groups is 1. The number of alkyl halides is 3. The van der Waals surface area contributed by atoms with Crippen molar-refractivity contribution in [2.75, 3.05) is 13.1 Å². The minimum Gasteiger partial charge on any atom is -0.382 e. The predicted molar refractivity (Wildman–Crippen MR) is 52.0 cm³/mol. The van der Waals surface area contributed by atoms with Crippen LogP contribution in [-0.4, -0.2) is 47.2 Å². The van der Waals surface area contributed by atoms with Gasteiger partial charge in [0.2, 0.25) is 0 Å². The zero-order valence-electron chi connectivity index (χ0n) is 9.13. The standard InChI is InChI=1S/C10H16F3NO2/c1-7(15)5-8-3-2-4-14(8)6-9(16)10(11,12)13/h8-9,16H,2-6H2,1H3. The molecular formula is C10H16F3NO2. The first-order chi connectivity index (χ1) is 7.30. The van der Waals surface area contributed by atoms with Gasteiger partial charge < -0.3 is 5.11 Å². The number of β-amino-alcohol motifs (C(OH)–C–C–N with tert-alkyl or cyclic N) is 1. The largest absolute Gasteiger partial charge is 0.415 e. The van der Waals surface area contributed by atoms with Crippen LogP contribution in [0.5, 0.6) is 0 Å². The lowest BCUT2D eigenvalue weighted by Crippen LogP contribution is -2.43. The molecule has 1 aliphatic rings. The highest BCUT2D eigenvalue weighted by Gasteiger charge is 2.40. The molecule has 2 unspecified atom stereocenters. The number of halogens is 3. The van der Waals surface area contributed by atoms with Crippen molar-refractivity contribution in [3.8, 4) is 0 Å². The molecule has 16 heavy (non-hydrogen) atoms. The maximum Gasteiger partial charge on any atom is 0.415 e.